The van der Waals surface area contributed by atoms with Crippen LogP contribution in [0.25, 0.3) is 0 Å². The maximum Gasteiger partial charge on any atom is 0.237 e. The van der Waals surface area contributed by atoms with Crippen molar-refractivity contribution in [2.24, 2.45) is 0 Å². The lowest BCUT2D eigenvalue weighted by molar-refractivity contribution is -0.126. The van der Waals surface area contributed by atoms with E-state index >= 15 is 0 Å². The van der Waals surface area contributed by atoms with Gasteiger partial charge in [0, 0.05) is 12.1 Å². The Morgan fingerprint density at radius 1 is 0.833 bits per heavy atom. The Hall–Kier alpha value is -3.19. The summed E-state index contributed by atoms with van der Waals surface area (Å²) in [6, 6.07) is 13.3. The zero-order valence-corrected chi connectivity index (χ0v) is 18.1. The molecule has 3 aromatic rings. The van der Waals surface area contributed by atoms with E-state index in [2.05, 4.69) is 0 Å². The van der Waals surface area contributed by atoms with Gasteiger partial charge in [0.15, 0.2) is 11.5 Å². The molecular formula is C23H23NO5S. The molecule has 156 valence electrons. The molecule has 1 aromatic heterocycles. The molecule has 2 heterocycles. The van der Waals surface area contributed by atoms with Gasteiger partial charge in [-0.3, -0.25) is 4.79 Å². The number of benzene rings is 2. The van der Waals surface area contributed by atoms with E-state index in [1.807, 2.05) is 41.1 Å². The van der Waals surface area contributed by atoms with Crippen LogP contribution in [0.3, 0.4) is 0 Å². The molecule has 2 aromatic carbocycles. The number of thiophene rings is 1. The van der Waals surface area contributed by atoms with E-state index < -0.39 is 0 Å². The van der Waals surface area contributed by atoms with Crippen LogP contribution in [0.1, 0.15) is 23.1 Å². The first kappa shape index (κ1) is 20.1. The molecule has 1 aliphatic rings. The van der Waals surface area contributed by atoms with Gasteiger partial charge in [-0.25, -0.2) is 0 Å². The number of hydrogen-bond acceptors (Lipinski definition) is 6. The monoisotopic (exact) mass is 425 g/mol. The third-order valence-electron chi connectivity index (χ3n) is 5.38. The van der Waals surface area contributed by atoms with E-state index in [0.717, 1.165) is 16.9 Å². The van der Waals surface area contributed by atoms with Crippen molar-refractivity contribution in [3.8, 4) is 23.0 Å². The third kappa shape index (κ3) is 3.25. The predicted molar refractivity (Wildman–Crippen MR) is 116 cm³/mol. The van der Waals surface area contributed by atoms with Crippen LogP contribution in [0, 0.1) is 0 Å². The van der Waals surface area contributed by atoms with Crippen LogP contribution < -0.4 is 23.8 Å². The fraction of sp³-hybridized carbons (Fsp3) is 0.261. The number of methoxy groups -OCH3 is 4. The average Bonchev–Trinajstić information content (AvgIpc) is 3.30. The zero-order chi connectivity index (χ0) is 21.3. The standard InChI is InChI=1S/C23H23NO5S/c1-26-17-7-5-14(6-8-17)21-20(15-9-10-30-13-15)23(25)24(21)16-11-18(27-2)22(29-4)19(12-16)28-3/h5-13,20-21H,1-4H3/t20?,21-/m1/s1. The second kappa shape index (κ2) is 8.28. The van der Waals surface area contributed by atoms with Gasteiger partial charge in [-0.1, -0.05) is 12.1 Å². The van der Waals surface area contributed by atoms with E-state index in [0.29, 0.717) is 22.9 Å². The largest absolute Gasteiger partial charge is 0.497 e. The van der Waals surface area contributed by atoms with Gasteiger partial charge in [0.1, 0.15) is 5.75 Å². The summed E-state index contributed by atoms with van der Waals surface area (Å²) < 4.78 is 21.7. The molecule has 0 aliphatic carbocycles. The van der Waals surface area contributed by atoms with Crippen molar-refractivity contribution in [3.63, 3.8) is 0 Å². The van der Waals surface area contributed by atoms with Crippen molar-refractivity contribution >= 4 is 22.9 Å². The lowest BCUT2D eigenvalue weighted by Gasteiger charge is -2.47. The number of ether oxygens (including phenoxy) is 4. The van der Waals surface area contributed by atoms with Crippen LogP contribution >= 0.6 is 11.3 Å². The van der Waals surface area contributed by atoms with Crippen molar-refractivity contribution in [1.29, 1.82) is 0 Å². The van der Waals surface area contributed by atoms with Crippen LogP contribution in [0.5, 0.6) is 23.0 Å². The van der Waals surface area contributed by atoms with Crippen LogP contribution in [-0.2, 0) is 4.79 Å². The van der Waals surface area contributed by atoms with Crippen LogP contribution in [0.15, 0.2) is 53.2 Å². The van der Waals surface area contributed by atoms with Gasteiger partial charge in [0.05, 0.1) is 46.1 Å². The van der Waals surface area contributed by atoms with Gasteiger partial charge < -0.3 is 23.8 Å². The topological polar surface area (TPSA) is 57.2 Å². The Balaban J connectivity index is 1.80. The number of hydrogen-bond donors (Lipinski definition) is 0. The SMILES string of the molecule is COc1ccc([C@@H]2C(c3ccsc3)C(=O)N2c2cc(OC)c(OC)c(OC)c2)cc1. The molecule has 2 atom stereocenters. The maximum atomic E-state index is 13.3. The van der Waals surface area contributed by atoms with Crippen molar-refractivity contribution in [2.45, 2.75) is 12.0 Å². The Kier molecular flexibility index (Phi) is 5.55. The lowest BCUT2D eigenvalue weighted by Crippen LogP contribution is -2.53. The second-order valence-corrected chi connectivity index (χ2v) is 7.62. The minimum Gasteiger partial charge on any atom is -0.497 e. The van der Waals surface area contributed by atoms with Gasteiger partial charge in [0.2, 0.25) is 11.7 Å². The summed E-state index contributed by atoms with van der Waals surface area (Å²) in [5.74, 6) is 2.06. The summed E-state index contributed by atoms with van der Waals surface area (Å²) in [6.07, 6.45) is 0. The van der Waals surface area contributed by atoms with Crippen LogP contribution in [-0.4, -0.2) is 34.3 Å². The first-order valence-corrected chi connectivity index (χ1v) is 10.4. The van der Waals surface area contributed by atoms with Gasteiger partial charge in [0.25, 0.3) is 0 Å². The summed E-state index contributed by atoms with van der Waals surface area (Å²) in [4.78, 5) is 15.1. The lowest BCUT2D eigenvalue weighted by atomic mass is 9.78. The Morgan fingerprint density at radius 2 is 1.50 bits per heavy atom. The normalized spacial score (nSPS) is 18.0. The first-order chi connectivity index (χ1) is 14.6. The smallest absolute Gasteiger partial charge is 0.237 e. The fourth-order valence-electron chi connectivity index (χ4n) is 3.90. The zero-order valence-electron chi connectivity index (χ0n) is 17.2. The quantitative estimate of drug-likeness (QED) is 0.516. The molecule has 4 rings (SSSR count). The molecule has 1 amide bonds. The minimum atomic E-state index is -0.247. The number of carbonyl (C=O) groups excluding carboxylic acids is 1. The maximum absolute atomic E-state index is 13.3. The molecule has 0 radical (unpaired) electrons. The third-order valence-corrected chi connectivity index (χ3v) is 6.09. The second-order valence-electron chi connectivity index (χ2n) is 6.84. The fourth-order valence-corrected chi connectivity index (χ4v) is 4.60. The van der Waals surface area contributed by atoms with Crippen molar-refractivity contribution in [1.82, 2.24) is 0 Å². The average molecular weight is 426 g/mol. The molecule has 1 unspecified atom stereocenters. The number of amides is 1. The van der Waals surface area contributed by atoms with Gasteiger partial charge in [-0.15, -0.1) is 0 Å². The Bertz CT molecular complexity index is 1010. The van der Waals surface area contributed by atoms with E-state index in [1.165, 1.54) is 0 Å². The Morgan fingerprint density at radius 3 is 2.00 bits per heavy atom. The molecule has 1 saturated heterocycles. The highest BCUT2D eigenvalue weighted by atomic mass is 32.1. The van der Waals surface area contributed by atoms with E-state index in [9.17, 15) is 4.79 Å². The van der Waals surface area contributed by atoms with Gasteiger partial charge >= 0.3 is 0 Å². The molecule has 6 nitrogen and oxygen atoms in total. The molecule has 1 fully saturated rings. The van der Waals surface area contributed by atoms with E-state index in [1.54, 1.807) is 56.8 Å². The highest BCUT2D eigenvalue weighted by molar-refractivity contribution is 7.08. The molecule has 1 aliphatic heterocycles. The molecular weight excluding hydrogens is 402 g/mol. The molecule has 0 saturated carbocycles. The van der Waals surface area contributed by atoms with E-state index in [-0.39, 0.29) is 17.9 Å². The number of rotatable bonds is 7. The Labute approximate surface area is 179 Å². The highest BCUT2D eigenvalue weighted by Crippen LogP contribution is 2.52. The molecule has 0 spiro atoms. The summed E-state index contributed by atoms with van der Waals surface area (Å²) in [7, 11) is 6.32. The highest BCUT2D eigenvalue weighted by Gasteiger charge is 2.50. The summed E-state index contributed by atoms with van der Waals surface area (Å²) >= 11 is 1.59. The van der Waals surface area contributed by atoms with Gasteiger partial charge in [-0.2, -0.15) is 11.3 Å². The minimum absolute atomic E-state index is 0.0310. The predicted octanol–water partition coefficient (Wildman–Crippen LogP) is 4.65. The van der Waals surface area contributed by atoms with Crippen LogP contribution in [0.4, 0.5) is 5.69 Å². The number of carbonyl (C=O) groups is 1. The van der Waals surface area contributed by atoms with Gasteiger partial charge in [-0.05, 0) is 40.1 Å². The first-order valence-electron chi connectivity index (χ1n) is 9.42. The molecule has 0 N–H and O–H groups in total. The summed E-state index contributed by atoms with van der Waals surface area (Å²) in [5, 5.41) is 4.03. The summed E-state index contributed by atoms with van der Waals surface area (Å²) in [6.45, 7) is 0. The van der Waals surface area contributed by atoms with Crippen LogP contribution in [0.2, 0.25) is 0 Å². The number of nitrogens with zero attached hydrogens (tertiary/aromatic N) is 1. The van der Waals surface area contributed by atoms with Crippen molar-refractivity contribution in [3.05, 3.63) is 64.4 Å². The van der Waals surface area contributed by atoms with Crippen molar-refractivity contribution in [2.75, 3.05) is 33.3 Å². The molecule has 30 heavy (non-hydrogen) atoms. The van der Waals surface area contributed by atoms with E-state index in [4.69, 9.17) is 18.9 Å². The number of anilines is 1. The molecule has 7 heteroatoms. The molecule has 0 bridgehead atoms. The summed E-state index contributed by atoms with van der Waals surface area (Å²) in [5.41, 5.74) is 2.75. The number of β-lactam (4-membered cyclic amide) rings is 1. The van der Waals surface area contributed by atoms with Crippen molar-refractivity contribution < 1.29 is 23.7 Å².